The molecule has 0 aliphatic rings. The third-order valence-electron chi connectivity index (χ3n) is 1.63. The fraction of sp³-hybridized carbons (Fsp3) is 0.125. The molecule has 0 bridgehead atoms. The second-order valence-electron chi connectivity index (χ2n) is 2.63. The van der Waals surface area contributed by atoms with Gasteiger partial charge >= 0.3 is 0 Å². The molecule has 2 aromatic rings. The lowest BCUT2D eigenvalue weighted by Crippen LogP contribution is -1.92. The van der Waals surface area contributed by atoms with E-state index in [4.69, 9.17) is 5.73 Å². The number of nitrogen functional groups attached to an aromatic ring is 1. The summed E-state index contributed by atoms with van der Waals surface area (Å²) >= 11 is 2.85. The molecule has 14 heavy (non-hydrogen) atoms. The standard InChI is InChI=1S/C8H8N4S2/c1-5-6(9)2-3-7(12-5)13-8-10-4-11-14-8/h2-4H,9H2,1H3. The predicted octanol–water partition coefficient (Wildman–Crippen LogP) is 1.97. The molecule has 0 spiro atoms. The Morgan fingerprint density at radius 1 is 1.43 bits per heavy atom. The van der Waals surface area contributed by atoms with Crippen LogP contribution < -0.4 is 5.73 Å². The number of pyridine rings is 1. The fourth-order valence-electron chi connectivity index (χ4n) is 0.903. The van der Waals surface area contributed by atoms with E-state index in [1.807, 2.05) is 19.1 Å². The number of nitrogens with zero attached hydrogens (tertiary/aromatic N) is 3. The maximum atomic E-state index is 5.66. The number of hydrogen-bond acceptors (Lipinski definition) is 6. The van der Waals surface area contributed by atoms with E-state index in [0.29, 0.717) is 5.69 Å². The molecule has 0 aliphatic carbocycles. The topological polar surface area (TPSA) is 64.7 Å². The molecule has 2 rings (SSSR count). The molecular weight excluding hydrogens is 216 g/mol. The zero-order chi connectivity index (χ0) is 9.97. The molecule has 6 heteroatoms. The van der Waals surface area contributed by atoms with Crippen molar-refractivity contribution in [2.45, 2.75) is 16.3 Å². The Balaban J connectivity index is 2.22. The highest BCUT2D eigenvalue weighted by atomic mass is 32.2. The molecule has 72 valence electrons. The van der Waals surface area contributed by atoms with Crippen LogP contribution >= 0.6 is 23.3 Å². The lowest BCUT2D eigenvalue weighted by molar-refractivity contribution is 1.06. The Kier molecular flexibility index (Phi) is 2.64. The highest BCUT2D eigenvalue weighted by molar-refractivity contribution is 8.00. The van der Waals surface area contributed by atoms with Crippen molar-refractivity contribution in [3.8, 4) is 0 Å². The van der Waals surface area contributed by atoms with E-state index in [9.17, 15) is 0 Å². The number of rotatable bonds is 2. The highest BCUT2D eigenvalue weighted by Gasteiger charge is 2.03. The van der Waals surface area contributed by atoms with Gasteiger partial charge in [-0.3, -0.25) is 0 Å². The molecule has 0 unspecified atom stereocenters. The Hall–Kier alpha value is -1.14. The van der Waals surface area contributed by atoms with Crippen LogP contribution in [-0.2, 0) is 0 Å². The lowest BCUT2D eigenvalue weighted by Gasteiger charge is -2.00. The molecule has 4 nitrogen and oxygen atoms in total. The van der Waals surface area contributed by atoms with Gasteiger partial charge in [0, 0.05) is 0 Å². The van der Waals surface area contributed by atoms with Gasteiger partial charge in [-0.2, -0.15) is 4.37 Å². The molecule has 0 amide bonds. The number of hydrogen-bond donors (Lipinski definition) is 1. The van der Waals surface area contributed by atoms with Gasteiger partial charge in [0.05, 0.1) is 11.4 Å². The van der Waals surface area contributed by atoms with Crippen LogP contribution in [0.4, 0.5) is 5.69 Å². The Morgan fingerprint density at radius 2 is 2.29 bits per heavy atom. The van der Waals surface area contributed by atoms with Gasteiger partial charge in [-0.25, -0.2) is 9.97 Å². The average Bonchev–Trinajstić information content (AvgIpc) is 2.64. The Morgan fingerprint density at radius 3 is 2.93 bits per heavy atom. The van der Waals surface area contributed by atoms with Crippen molar-refractivity contribution >= 4 is 29.0 Å². The maximum absolute atomic E-state index is 5.66. The maximum Gasteiger partial charge on any atom is 0.175 e. The Bertz CT molecular complexity index is 427. The third-order valence-corrected chi connectivity index (χ3v) is 3.29. The molecule has 2 N–H and O–H groups in total. The summed E-state index contributed by atoms with van der Waals surface area (Å²) in [5, 5.41) is 0.897. The van der Waals surface area contributed by atoms with Gasteiger partial charge in [0.2, 0.25) is 0 Å². The largest absolute Gasteiger partial charge is 0.397 e. The minimum atomic E-state index is 0.714. The minimum absolute atomic E-state index is 0.714. The van der Waals surface area contributed by atoms with Crippen LogP contribution in [-0.4, -0.2) is 14.3 Å². The van der Waals surface area contributed by atoms with Gasteiger partial charge in [-0.05, 0) is 42.4 Å². The third kappa shape index (κ3) is 2.02. The van der Waals surface area contributed by atoms with Crippen molar-refractivity contribution in [3.05, 3.63) is 24.2 Å². The van der Waals surface area contributed by atoms with Gasteiger partial charge in [-0.15, -0.1) is 0 Å². The summed E-state index contributed by atoms with van der Waals surface area (Å²) in [5.74, 6) is 0. The number of nitrogens with two attached hydrogens (primary N) is 1. The van der Waals surface area contributed by atoms with Crippen molar-refractivity contribution in [2.75, 3.05) is 5.73 Å². The van der Waals surface area contributed by atoms with E-state index in [2.05, 4.69) is 14.3 Å². The van der Waals surface area contributed by atoms with Crippen LogP contribution in [0.5, 0.6) is 0 Å². The normalized spacial score (nSPS) is 10.4. The lowest BCUT2D eigenvalue weighted by atomic mass is 10.3. The van der Waals surface area contributed by atoms with Gasteiger partial charge in [0.15, 0.2) is 4.34 Å². The van der Waals surface area contributed by atoms with Crippen LogP contribution in [0.25, 0.3) is 0 Å². The smallest absolute Gasteiger partial charge is 0.175 e. The average molecular weight is 224 g/mol. The van der Waals surface area contributed by atoms with E-state index in [1.54, 1.807) is 0 Å². The van der Waals surface area contributed by atoms with E-state index in [0.717, 1.165) is 15.1 Å². The van der Waals surface area contributed by atoms with Crippen molar-refractivity contribution < 1.29 is 0 Å². The first kappa shape index (κ1) is 9.42. The quantitative estimate of drug-likeness (QED) is 0.845. The molecule has 0 aromatic carbocycles. The van der Waals surface area contributed by atoms with E-state index in [-0.39, 0.29) is 0 Å². The number of aromatic nitrogens is 3. The molecule has 0 saturated carbocycles. The molecule has 0 atom stereocenters. The predicted molar refractivity (Wildman–Crippen MR) is 57.4 cm³/mol. The van der Waals surface area contributed by atoms with Crippen LogP contribution in [0.1, 0.15) is 5.69 Å². The zero-order valence-electron chi connectivity index (χ0n) is 7.47. The van der Waals surface area contributed by atoms with Gasteiger partial charge in [0.25, 0.3) is 0 Å². The van der Waals surface area contributed by atoms with E-state index >= 15 is 0 Å². The van der Waals surface area contributed by atoms with Crippen molar-refractivity contribution in [2.24, 2.45) is 0 Å². The van der Waals surface area contributed by atoms with Crippen molar-refractivity contribution in [1.82, 2.24) is 14.3 Å². The van der Waals surface area contributed by atoms with Crippen LogP contribution in [0.2, 0.25) is 0 Å². The SMILES string of the molecule is Cc1nc(Sc2ncns2)ccc1N. The molecule has 2 heterocycles. The number of aryl methyl sites for hydroxylation is 1. The summed E-state index contributed by atoms with van der Waals surface area (Å²) in [4.78, 5) is 8.39. The summed E-state index contributed by atoms with van der Waals surface area (Å²) in [6.07, 6.45) is 1.54. The second-order valence-corrected chi connectivity index (χ2v) is 4.68. The molecule has 0 fully saturated rings. The van der Waals surface area contributed by atoms with E-state index in [1.165, 1.54) is 29.6 Å². The summed E-state index contributed by atoms with van der Waals surface area (Å²) in [6.45, 7) is 1.89. The highest BCUT2D eigenvalue weighted by Crippen LogP contribution is 2.27. The fourth-order valence-corrected chi connectivity index (χ4v) is 2.31. The first-order valence-corrected chi connectivity index (χ1v) is 5.52. The van der Waals surface area contributed by atoms with Gasteiger partial charge in [-0.1, -0.05) is 0 Å². The monoisotopic (exact) mass is 224 g/mol. The zero-order valence-corrected chi connectivity index (χ0v) is 9.10. The van der Waals surface area contributed by atoms with Crippen molar-refractivity contribution in [3.63, 3.8) is 0 Å². The van der Waals surface area contributed by atoms with Gasteiger partial charge < -0.3 is 5.73 Å². The van der Waals surface area contributed by atoms with Crippen LogP contribution in [0.3, 0.4) is 0 Å². The Labute approximate surface area is 89.8 Å². The first-order chi connectivity index (χ1) is 6.75. The van der Waals surface area contributed by atoms with Crippen molar-refractivity contribution in [1.29, 1.82) is 0 Å². The second kappa shape index (κ2) is 3.93. The molecule has 0 aliphatic heterocycles. The summed E-state index contributed by atoms with van der Waals surface area (Å²) in [5.41, 5.74) is 7.23. The molecule has 0 radical (unpaired) electrons. The van der Waals surface area contributed by atoms with E-state index < -0.39 is 0 Å². The molecule has 2 aromatic heterocycles. The molecular formula is C8H8N4S2. The summed E-state index contributed by atoms with van der Waals surface area (Å²) < 4.78 is 4.81. The summed E-state index contributed by atoms with van der Waals surface area (Å²) in [6, 6.07) is 3.74. The minimum Gasteiger partial charge on any atom is -0.397 e. The van der Waals surface area contributed by atoms with Crippen LogP contribution in [0, 0.1) is 6.92 Å². The van der Waals surface area contributed by atoms with Gasteiger partial charge in [0.1, 0.15) is 11.4 Å². The first-order valence-electron chi connectivity index (χ1n) is 3.93. The van der Waals surface area contributed by atoms with Crippen LogP contribution in [0.15, 0.2) is 27.8 Å². The molecule has 0 saturated heterocycles. The number of anilines is 1. The summed E-state index contributed by atoms with van der Waals surface area (Å²) in [7, 11) is 0.